The first-order valence-electron chi connectivity index (χ1n) is 8.98. The van der Waals surface area contributed by atoms with E-state index in [0.29, 0.717) is 11.6 Å². The molecule has 0 amide bonds. The van der Waals surface area contributed by atoms with Gasteiger partial charge in [-0.15, -0.1) is 19.8 Å². The van der Waals surface area contributed by atoms with Crippen LogP contribution in [-0.2, 0) is 10.0 Å². The van der Waals surface area contributed by atoms with E-state index in [-0.39, 0.29) is 4.90 Å². The highest BCUT2D eigenvalue weighted by Crippen LogP contribution is 2.29. The van der Waals surface area contributed by atoms with Crippen molar-refractivity contribution < 1.29 is 26.3 Å². The number of alkyl halides is 3. The molecular weight excluding hydrogens is 405 g/mol. The van der Waals surface area contributed by atoms with Crippen molar-refractivity contribution in [3.63, 3.8) is 0 Å². The quantitative estimate of drug-likeness (QED) is 0.669. The summed E-state index contributed by atoms with van der Waals surface area (Å²) in [6, 6.07) is 11.2. The summed E-state index contributed by atoms with van der Waals surface area (Å²) in [7, 11) is -3.93. The Morgan fingerprint density at radius 3 is 2.38 bits per heavy atom. The van der Waals surface area contributed by atoms with Gasteiger partial charge in [-0.25, -0.2) is 8.42 Å². The molecule has 156 valence electrons. The molecule has 3 rings (SSSR count). The molecule has 0 spiro atoms. The molecule has 29 heavy (non-hydrogen) atoms. The van der Waals surface area contributed by atoms with Gasteiger partial charge in [0.2, 0.25) is 0 Å². The molecule has 0 bridgehead atoms. The van der Waals surface area contributed by atoms with Gasteiger partial charge in [0.1, 0.15) is 5.75 Å². The molecule has 1 atom stereocenters. The van der Waals surface area contributed by atoms with Crippen molar-refractivity contribution in [2.75, 3.05) is 24.4 Å². The minimum atomic E-state index is -4.83. The summed E-state index contributed by atoms with van der Waals surface area (Å²) in [6.45, 7) is 6.53. The highest BCUT2D eigenvalue weighted by Gasteiger charge is 2.31. The van der Waals surface area contributed by atoms with Crippen molar-refractivity contribution in [2.24, 2.45) is 0 Å². The zero-order chi connectivity index (χ0) is 21.1. The van der Waals surface area contributed by atoms with Gasteiger partial charge in [0, 0.05) is 18.8 Å². The van der Waals surface area contributed by atoms with E-state index < -0.39 is 22.1 Å². The molecule has 1 unspecified atom stereocenters. The molecule has 1 heterocycles. The minimum absolute atomic E-state index is 0.160. The van der Waals surface area contributed by atoms with Crippen molar-refractivity contribution in [1.82, 2.24) is 4.90 Å². The number of nitrogens with zero attached hydrogens (tertiary/aromatic N) is 1. The Morgan fingerprint density at radius 1 is 1.14 bits per heavy atom. The first-order chi connectivity index (χ1) is 13.7. The van der Waals surface area contributed by atoms with Crippen molar-refractivity contribution in [3.05, 3.63) is 66.7 Å². The summed E-state index contributed by atoms with van der Waals surface area (Å²) in [4.78, 5) is 2.15. The zero-order valence-electron chi connectivity index (χ0n) is 15.5. The van der Waals surface area contributed by atoms with E-state index in [4.69, 9.17) is 0 Å². The standard InChI is InChI=1S/C20H21F3N2O3S/c1-2-12-25-13-11-16(14-25)15-3-5-17(6-4-15)24-29(26,27)19-9-7-18(8-10-19)28-20(21,22)23/h2-10,16,24H,1,11-14H2. The molecule has 0 saturated carbocycles. The summed E-state index contributed by atoms with van der Waals surface area (Å²) in [5.41, 5.74) is 1.51. The third kappa shape index (κ3) is 5.74. The number of likely N-dealkylation sites (tertiary alicyclic amines) is 1. The van der Waals surface area contributed by atoms with Crippen LogP contribution in [0, 0.1) is 0 Å². The van der Waals surface area contributed by atoms with Crippen molar-refractivity contribution in [3.8, 4) is 5.75 Å². The fraction of sp³-hybridized carbons (Fsp3) is 0.300. The van der Waals surface area contributed by atoms with Crippen LogP contribution in [0.5, 0.6) is 5.75 Å². The van der Waals surface area contributed by atoms with Crippen LogP contribution in [0.2, 0.25) is 0 Å². The second kappa shape index (κ2) is 8.46. The van der Waals surface area contributed by atoms with Gasteiger partial charge in [-0.05, 0) is 60.8 Å². The molecule has 1 aliphatic heterocycles. The lowest BCUT2D eigenvalue weighted by molar-refractivity contribution is -0.274. The minimum Gasteiger partial charge on any atom is -0.406 e. The average molecular weight is 426 g/mol. The van der Waals surface area contributed by atoms with Crippen LogP contribution < -0.4 is 9.46 Å². The molecule has 2 aromatic rings. The lowest BCUT2D eigenvalue weighted by Gasteiger charge is -2.14. The molecule has 0 radical (unpaired) electrons. The number of nitrogens with one attached hydrogen (secondary N) is 1. The third-order valence-electron chi connectivity index (χ3n) is 4.66. The van der Waals surface area contributed by atoms with Crippen LogP contribution in [0.25, 0.3) is 0 Å². The van der Waals surface area contributed by atoms with Gasteiger partial charge in [0.15, 0.2) is 0 Å². The monoisotopic (exact) mass is 426 g/mol. The molecule has 1 N–H and O–H groups in total. The Labute approximate surface area is 167 Å². The fourth-order valence-corrected chi connectivity index (χ4v) is 4.37. The Hall–Kier alpha value is -2.52. The van der Waals surface area contributed by atoms with Crippen molar-refractivity contribution >= 4 is 15.7 Å². The summed E-state index contributed by atoms with van der Waals surface area (Å²) >= 11 is 0. The predicted octanol–water partition coefficient (Wildman–Crippen LogP) is 4.36. The van der Waals surface area contributed by atoms with Crippen LogP contribution in [0.1, 0.15) is 17.9 Å². The van der Waals surface area contributed by atoms with Crippen molar-refractivity contribution in [1.29, 1.82) is 0 Å². The number of rotatable bonds is 7. The Kier molecular flexibility index (Phi) is 6.18. The first-order valence-corrected chi connectivity index (χ1v) is 10.5. The molecule has 9 heteroatoms. The molecule has 2 aromatic carbocycles. The van der Waals surface area contributed by atoms with E-state index in [1.54, 1.807) is 12.1 Å². The fourth-order valence-electron chi connectivity index (χ4n) is 3.31. The smallest absolute Gasteiger partial charge is 0.406 e. The summed E-state index contributed by atoms with van der Waals surface area (Å²) in [5.74, 6) is -0.0929. The number of anilines is 1. The zero-order valence-corrected chi connectivity index (χ0v) is 16.3. The number of hydrogen-bond acceptors (Lipinski definition) is 4. The van der Waals surface area contributed by atoms with Gasteiger partial charge in [0.05, 0.1) is 4.90 Å². The molecule has 1 saturated heterocycles. The van der Waals surface area contributed by atoms with Gasteiger partial charge < -0.3 is 4.74 Å². The van der Waals surface area contributed by atoms with Gasteiger partial charge in [0.25, 0.3) is 10.0 Å². The van der Waals surface area contributed by atoms with Crippen LogP contribution >= 0.6 is 0 Å². The largest absolute Gasteiger partial charge is 0.573 e. The number of sulfonamides is 1. The van der Waals surface area contributed by atoms with E-state index in [2.05, 4.69) is 20.9 Å². The third-order valence-corrected chi connectivity index (χ3v) is 6.06. The van der Waals surface area contributed by atoms with Crippen LogP contribution in [-0.4, -0.2) is 39.3 Å². The SMILES string of the molecule is C=CCN1CCC(c2ccc(NS(=O)(=O)c3ccc(OC(F)(F)F)cc3)cc2)C1. The molecule has 5 nitrogen and oxygen atoms in total. The normalized spacial score (nSPS) is 17.8. The molecule has 1 aliphatic rings. The van der Waals surface area contributed by atoms with E-state index in [0.717, 1.165) is 55.9 Å². The maximum atomic E-state index is 12.5. The lowest BCUT2D eigenvalue weighted by atomic mass is 9.98. The lowest BCUT2D eigenvalue weighted by Crippen LogP contribution is -2.19. The van der Waals surface area contributed by atoms with E-state index >= 15 is 0 Å². The summed E-state index contributed by atoms with van der Waals surface area (Å²) in [6.07, 6.45) is -1.92. The second-order valence-electron chi connectivity index (χ2n) is 6.78. The van der Waals surface area contributed by atoms with Crippen LogP contribution in [0.3, 0.4) is 0 Å². The van der Waals surface area contributed by atoms with Crippen molar-refractivity contribution in [2.45, 2.75) is 23.6 Å². The van der Waals surface area contributed by atoms with Gasteiger partial charge in [-0.1, -0.05) is 18.2 Å². The maximum Gasteiger partial charge on any atom is 0.573 e. The van der Waals surface area contributed by atoms with E-state index in [1.807, 2.05) is 18.2 Å². The molecule has 0 aliphatic carbocycles. The summed E-state index contributed by atoms with van der Waals surface area (Å²) in [5, 5.41) is 0. The van der Waals surface area contributed by atoms with Crippen LogP contribution in [0.15, 0.2) is 66.1 Å². The topological polar surface area (TPSA) is 58.6 Å². The molecule has 0 aromatic heterocycles. The van der Waals surface area contributed by atoms with E-state index in [9.17, 15) is 21.6 Å². The Balaban J connectivity index is 1.65. The van der Waals surface area contributed by atoms with Gasteiger partial charge in [-0.3, -0.25) is 9.62 Å². The Morgan fingerprint density at radius 2 is 1.79 bits per heavy atom. The Bertz CT molecular complexity index is 942. The highest BCUT2D eigenvalue weighted by atomic mass is 32.2. The second-order valence-corrected chi connectivity index (χ2v) is 8.46. The predicted molar refractivity (Wildman–Crippen MR) is 104 cm³/mol. The highest BCUT2D eigenvalue weighted by molar-refractivity contribution is 7.92. The number of ether oxygens (including phenoxy) is 1. The van der Waals surface area contributed by atoms with Gasteiger partial charge >= 0.3 is 6.36 Å². The van der Waals surface area contributed by atoms with Crippen LogP contribution in [0.4, 0.5) is 18.9 Å². The van der Waals surface area contributed by atoms with Gasteiger partial charge in [-0.2, -0.15) is 0 Å². The molecule has 1 fully saturated rings. The number of halogens is 3. The summed E-state index contributed by atoms with van der Waals surface area (Å²) < 4.78 is 67.7. The van der Waals surface area contributed by atoms with E-state index in [1.165, 1.54) is 0 Å². The number of benzene rings is 2. The first kappa shape index (κ1) is 21.2. The molecular formula is C20H21F3N2O3S. The maximum absolute atomic E-state index is 12.5. The number of hydrogen-bond donors (Lipinski definition) is 1. The average Bonchev–Trinajstić information content (AvgIpc) is 3.10.